The molecule has 0 saturated carbocycles. The molecule has 0 atom stereocenters. The number of urea groups is 1. The zero-order chi connectivity index (χ0) is 22.8. The van der Waals surface area contributed by atoms with E-state index in [1.165, 1.54) is 24.3 Å². The van der Waals surface area contributed by atoms with Crippen LogP contribution in [0.25, 0.3) is 0 Å². The SMILES string of the molecule is NC(=O)Nc1ccc(C(=O)N2CCN(c3ccc(C(F)(F)F)cc3[N+](=O)[O-])CC2)cc1. The number of nitrogens with two attached hydrogens (primary N) is 1. The normalized spacial score (nSPS) is 14.3. The van der Waals surface area contributed by atoms with Gasteiger partial charge in [-0.25, -0.2) is 4.79 Å². The number of nitrogens with one attached hydrogen (secondary N) is 1. The molecule has 2 aromatic rings. The number of piperazine rings is 1. The van der Waals surface area contributed by atoms with Gasteiger partial charge in [-0.1, -0.05) is 0 Å². The summed E-state index contributed by atoms with van der Waals surface area (Å²) in [5.74, 6) is -0.271. The van der Waals surface area contributed by atoms with Gasteiger partial charge < -0.3 is 20.9 Å². The molecule has 3 amide bonds. The minimum Gasteiger partial charge on any atom is -0.362 e. The summed E-state index contributed by atoms with van der Waals surface area (Å²) in [5, 5.41) is 13.7. The molecular weight excluding hydrogens is 419 g/mol. The second-order valence-corrected chi connectivity index (χ2v) is 6.80. The Labute approximate surface area is 174 Å². The van der Waals surface area contributed by atoms with Crippen LogP contribution in [0.2, 0.25) is 0 Å². The molecule has 0 radical (unpaired) electrons. The largest absolute Gasteiger partial charge is 0.416 e. The lowest BCUT2D eigenvalue weighted by Gasteiger charge is -2.36. The third-order valence-corrected chi connectivity index (χ3v) is 4.81. The Balaban J connectivity index is 1.70. The molecule has 0 aromatic heterocycles. The highest BCUT2D eigenvalue weighted by atomic mass is 19.4. The van der Waals surface area contributed by atoms with Crippen molar-refractivity contribution in [2.45, 2.75) is 6.18 Å². The maximum absolute atomic E-state index is 12.9. The van der Waals surface area contributed by atoms with Gasteiger partial charge in [0.25, 0.3) is 11.6 Å². The van der Waals surface area contributed by atoms with Crippen LogP contribution in [0, 0.1) is 10.1 Å². The topological polar surface area (TPSA) is 122 Å². The van der Waals surface area contributed by atoms with Crippen molar-refractivity contribution in [1.29, 1.82) is 0 Å². The summed E-state index contributed by atoms with van der Waals surface area (Å²) < 4.78 is 38.7. The quantitative estimate of drug-likeness (QED) is 0.562. The van der Waals surface area contributed by atoms with Gasteiger partial charge >= 0.3 is 12.2 Å². The molecule has 0 aliphatic carbocycles. The summed E-state index contributed by atoms with van der Waals surface area (Å²) >= 11 is 0. The number of alkyl halides is 3. The molecule has 1 aliphatic heterocycles. The molecular formula is C19H18F3N5O4. The fourth-order valence-electron chi connectivity index (χ4n) is 3.28. The number of anilines is 2. The first-order valence-corrected chi connectivity index (χ1v) is 9.12. The fraction of sp³-hybridized carbons (Fsp3) is 0.263. The number of nitro benzene ring substituents is 1. The summed E-state index contributed by atoms with van der Waals surface area (Å²) in [6.07, 6.45) is -4.68. The van der Waals surface area contributed by atoms with Crippen molar-refractivity contribution in [1.82, 2.24) is 4.90 Å². The van der Waals surface area contributed by atoms with E-state index >= 15 is 0 Å². The Morgan fingerprint density at radius 2 is 1.65 bits per heavy atom. The van der Waals surface area contributed by atoms with Crippen LogP contribution in [0.3, 0.4) is 0 Å². The van der Waals surface area contributed by atoms with E-state index in [0.29, 0.717) is 17.3 Å². The van der Waals surface area contributed by atoms with Crippen LogP contribution in [0.15, 0.2) is 42.5 Å². The van der Waals surface area contributed by atoms with Crippen molar-refractivity contribution >= 4 is 29.0 Å². The van der Waals surface area contributed by atoms with E-state index in [9.17, 15) is 32.9 Å². The molecule has 0 bridgehead atoms. The van der Waals surface area contributed by atoms with Gasteiger partial charge in [0.1, 0.15) is 5.69 Å². The second-order valence-electron chi connectivity index (χ2n) is 6.80. The molecule has 12 heteroatoms. The summed E-state index contributed by atoms with van der Waals surface area (Å²) in [6.45, 7) is 0.912. The molecule has 0 unspecified atom stereocenters. The highest BCUT2D eigenvalue weighted by Gasteiger charge is 2.34. The number of carbonyl (C=O) groups is 2. The van der Waals surface area contributed by atoms with Gasteiger partial charge in [-0.05, 0) is 36.4 Å². The Kier molecular flexibility index (Phi) is 5.99. The smallest absolute Gasteiger partial charge is 0.362 e. The molecule has 3 N–H and O–H groups in total. The molecule has 164 valence electrons. The molecule has 31 heavy (non-hydrogen) atoms. The maximum Gasteiger partial charge on any atom is 0.416 e. The molecule has 3 rings (SSSR count). The zero-order valence-electron chi connectivity index (χ0n) is 16.1. The van der Waals surface area contributed by atoms with Gasteiger partial charge in [-0.2, -0.15) is 13.2 Å². The van der Waals surface area contributed by atoms with Crippen molar-refractivity contribution in [2.24, 2.45) is 5.73 Å². The van der Waals surface area contributed by atoms with Gasteiger partial charge in [0.15, 0.2) is 0 Å². The minimum absolute atomic E-state index is 0.0759. The molecule has 1 fully saturated rings. The first-order chi connectivity index (χ1) is 14.6. The van der Waals surface area contributed by atoms with Gasteiger partial charge in [-0.15, -0.1) is 0 Å². The summed E-state index contributed by atoms with van der Waals surface area (Å²) in [6, 6.07) is 7.80. The highest BCUT2D eigenvalue weighted by Crippen LogP contribution is 2.36. The van der Waals surface area contributed by atoms with Crippen LogP contribution in [0.4, 0.5) is 35.0 Å². The molecule has 0 spiro atoms. The van der Waals surface area contributed by atoms with Crippen molar-refractivity contribution in [2.75, 3.05) is 36.4 Å². The van der Waals surface area contributed by atoms with E-state index < -0.39 is 28.4 Å². The van der Waals surface area contributed by atoms with E-state index in [2.05, 4.69) is 5.32 Å². The van der Waals surface area contributed by atoms with E-state index in [-0.39, 0.29) is 37.8 Å². The molecule has 2 aromatic carbocycles. The maximum atomic E-state index is 12.9. The van der Waals surface area contributed by atoms with Crippen LogP contribution in [-0.4, -0.2) is 47.9 Å². The van der Waals surface area contributed by atoms with Crippen LogP contribution in [0.1, 0.15) is 15.9 Å². The first kappa shape index (κ1) is 21.9. The lowest BCUT2D eigenvalue weighted by atomic mass is 10.1. The van der Waals surface area contributed by atoms with Crippen LogP contribution in [-0.2, 0) is 6.18 Å². The Bertz CT molecular complexity index is 1000. The predicted molar refractivity (Wildman–Crippen MR) is 106 cm³/mol. The van der Waals surface area contributed by atoms with E-state index in [1.54, 1.807) is 9.80 Å². The van der Waals surface area contributed by atoms with E-state index in [1.807, 2.05) is 0 Å². The standard InChI is InChI=1S/C19H18F3N5O4/c20-19(21,22)13-3-6-15(16(11-13)27(30)31)25-7-9-26(10-8-25)17(28)12-1-4-14(5-2-12)24-18(23)29/h1-6,11H,7-10H2,(H3,23,24,29). The Morgan fingerprint density at radius 3 is 2.16 bits per heavy atom. The average molecular weight is 437 g/mol. The lowest BCUT2D eigenvalue weighted by Crippen LogP contribution is -2.49. The van der Waals surface area contributed by atoms with Gasteiger partial charge in [-0.3, -0.25) is 14.9 Å². The molecule has 1 heterocycles. The van der Waals surface area contributed by atoms with Crippen molar-refractivity contribution in [3.05, 3.63) is 63.7 Å². The van der Waals surface area contributed by atoms with E-state index in [4.69, 9.17) is 5.73 Å². The number of nitro groups is 1. The zero-order valence-corrected chi connectivity index (χ0v) is 16.1. The number of hydrogen-bond donors (Lipinski definition) is 2. The second kappa shape index (κ2) is 8.50. The van der Waals surface area contributed by atoms with Crippen molar-refractivity contribution in [3.63, 3.8) is 0 Å². The Hall–Kier alpha value is -3.83. The summed E-state index contributed by atoms with van der Waals surface area (Å²) in [7, 11) is 0. The first-order valence-electron chi connectivity index (χ1n) is 9.12. The van der Waals surface area contributed by atoms with Crippen molar-refractivity contribution in [3.8, 4) is 0 Å². The summed E-state index contributed by atoms with van der Waals surface area (Å²) in [5.41, 5.74) is 4.20. The lowest BCUT2D eigenvalue weighted by molar-refractivity contribution is -0.384. The number of carbonyl (C=O) groups excluding carboxylic acids is 2. The molecule has 9 nitrogen and oxygen atoms in total. The van der Waals surface area contributed by atoms with Gasteiger partial charge in [0, 0.05) is 43.5 Å². The van der Waals surface area contributed by atoms with Gasteiger partial charge in [0.05, 0.1) is 10.5 Å². The van der Waals surface area contributed by atoms with E-state index in [0.717, 1.165) is 12.1 Å². The van der Waals surface area contributed by atoms with Crippen LogP contribution < -0.4 is 16.0 Å². The van der Waals surface area contributed by atoms with Gasteiger partial charge in [0.2, 0.25) is 0 Å². The number of primary amides is 1. The highest BCUT2D eigenvalue weighted by molar-refractivity contribution is 5.95. The van der Waals surface area contributed by atoms with Crippen LogP contribution >= 0.6 is 0 Å². The number of nitrogens with zero attached hydrogens (tertiary/aromatic N) is 3. The summed E-state index contributed by atoms with van der Waals surface area (Å²) in [4.78, 5) is 37.1. The number of hydrogen-bond acceptors (Lipinski definition) is 5. The number of benzene rings is 2. The van der Waals surface area contributed by atoms with Crippen molar-refractivity contribution < 1.29 is 27.7 Å². The number of halogens is 3. The fourth-order valence-corrected chi connectivity index (χ4v) is 3.28. The number of rotatable bonds is 4. The number of amides is 3. The average Bonchev–Trinajstić information content (AvgIpc) is 2.72. The third kappa shape index (κ3) is 5.02. The molecule has 1 aliphatic rings. The Morgan fingerprint density at radius 1 is 1.03 bits per heavy atom. The predicted octanol–water partition coefficient (Wildman–Crippen LogP) is 3.07. The molecule has 1 saturated heterocycles. The monoisotopic (exact) mass is 437 g/mol. The van der Waals surface area contributed by atoms with Crippen LogP contribution in [0.5, 0.6) is 0 Å². The third-order valence-electron chi connectivity index (χ3n) is 4.81. The minimum atomic E-state index is -4.68.